The number of hydrogen-bond donors (Lipinski definition) is 0. The van der Waals surface area contributed by atoms with E-state index >= 15 is 0 Å². The van der Waals surface area contributed by atoms with Gasteiger partial charge in [-0.25, -0.2) is 0 Å². The molecule has 0 spiro atoms. The van der Waals surface area contributed by atoms with Gasteiger partial charge in [0.15, 0.2) is 0 Å². The van der Waals surface area contributed by atoms with Crippen molar-refractivity contribution in [3.8, 4) is 0 Å². The predicted octanol–water partition coefficient (Wildman–Crippen LogP) is 1.55. The van der Waals surface area contributed by atoms with Crippen molar-refractivity contribution < 1.29 is 4.74 Å². The van der Waals surface area contributed by atoms with Crippen LogP contribution in [-0.2, 0) is 4.74 Å². The molecule has 0 N–H and O–H groups in total. The lowest BCUT2D eigenvalue weighted by atomic mass is 10.2. The molecule has 1 heteroatoms. The molecule has 0 bridgehead atoms. The maximum Gasteiger partial charge on any atom is 0.113 e. The molecule has 1 atom stereocenters. The van der Waals surface area contributed by atoms with E-state index in [-0.39, 0.29) is 0 Å². The Hall–Kier alpha value is -0.0400. The lowest BCUT2D eigenvalue weighted by Gasteiger charge is -1.86. The Morgan fingerprint density at radius 3 is 2.86 bits per heavy atom. The first-order chi connectivity index (χ1) is 3.43. The molecule has 1 rings (SSSR count). The van der Waals surface area contributed by atoms with Crippen LogP contribution < -0.4 is 0 Å². The first-order valence-corrected chi connectivity index (χ1v) is 2.71. The molecule has 0 aromatic heterocycles. The van der Waals surface area contributed by atoms with Crippen molar-refractivity contribution in [2.24, 2.45) is 0 Å². The first-order valence-electron chi connectivity index (χ1n) is 2.71. The highest BCUT2D eigenvalue weighted by Gasteiger charge is 2.21. The Bertz CT molecular complexity index is 48.1. The van der Waals surface area contributed by atoms with Gasteiger partial charge in [-0.3, -0.25) is 0 Å². The van der Waals surface area contributed by atoms with E-state index in [0.29, 0.717) is 6.10 Å². The van der Waals surface area contributed by atoms with Gasteiger partial charge in [-0.15, -0.1) is 0 Å². The van der Waals surface area contributed by atoms with E-state index in [2.05, 4.69) is 6.92 Å². The van der Waals surface area contributed by atoms with Crippen molar-refractivity contribution in [1.82, 2.24) is 0 Å². The molecule has 1 heterocycles. The molecule has 40 valence electrons. The third-order valence-electron chi connectivity index (χ3n) is 1.07. The maximum absolute atomic E-state index is 4.86. The minimum Gasteiger partial charge on any atom is -0.367 e. The third kappa shape index (κ3) is 1.93. The van der Waals surface area contributed by atoms with Gasteiger partial charge in [0.25, 0.3) is 0 Å². The highest BCUT2D eigenvalue weighted by atomic mass is 16.6. The van der Waals surface area contributed by atoms with Gasteiger partial charge in [-0.1, -0.05) is 19.8 Å². The fourth-order valence-corrected chi connectivity index (χ4v) is 0.537. The quantitative estimate of drug-likeness (QED) is 0.488. The molecule has 2 radical (unpaired) electrons. The first kappa shape index (κ1) is 5.10. The zero-order valence-corrected chi connectivity index (χ0v) is 4.39. The molecule has 0 amide bonds. The van der Waals surface area contributed by atoms with Crippen LogP contribution in [0.5, 0.6) is 0 Å². The fraction of sp³-hybridized carbons (Fsp3) is 0.667. The van der Waals surface area contributed by atoms with Crippen molar-refractivity contribution in [3.05, 3.63) is 13.5 Å². The molecule has 7 heavy (non-hydrogen) atoms. The van der Waals surface area contributed by atoms with Crippen LogP contribution >= 0.6 is 0 Å². The zero-order chi connectivity index (χ0) is 5.11. The minimum absolute atomic E-state index is 0.488. The highest BCUT2D eigenvalue weighted by molar-refractivity contribution is 4.82. The largest absolute Gasteiger partial charge is 0.367 e. The normalized spacial score (nSPS) is 27.9. The predicted molar refractivity (Wildman–Crippen MR) is 28.4 cm³/mol. The van der Waals surface area contributed by atoms with Gasteiger partial charge in [-0.2, -0.15) is 0 Å². The van der Waals surface area contributed by atoms with Crippen LogP contribution in [0.25, 0.3) is 0 Å². The second kappa shape index (κ2) is 2.31. The monoisotopic (exact) mass is 98.1 g/mol. The fourth-order valence-electron chi connectivity index (χ4n) is 0.537. The van der Waals surface area contributed by atoms with Gasteiger partial charge in [0.05, 0.1) is 6.10 Å². The van der Waals surface area contributed by atoms with E-state index in [1.807, 2.05) is 6.61 Å². The van der Waals surface area contributed by atoms with Gasteiger partial charge in [0, 0.05) is 0 Å². The Kier molecular flexibility index (Phi) is 1.69. The lowest BCUT2D eigenvalue weighted by Crippen LogP contribution is -1.80. The number of epoxide rings is 1. The summed E-state index contributed by atoms with van der Waals surface area (Å²) in [5.74, 6) is 0. The average molecular weight is 98.1 g/mol. The zero-order valence-electron chi connectivity index (χ0n) is 4.39. The number of hydrogen-bond acceptors (Lipinski definition) is 1. The summed E-state index contributed by atoms with van der Waals surface area (Å²) in [4.78, 5) is 0. The molecule has 1 fully saturated rings. The SMILES string of the molecule is [CH2]CCCC1[CH]O1. The van der Waals surface area contributed by atoms with Gasteiger partial charge in [-0.05, 0) is 6.42 Å². The molecular weight excluding hydrogens is 88.1 g/mol. The molecule has 1 aliphatic heterocycles. The van der Waals surface area contributed by atoms with Crippen LogP contribution in [0.4, 0.5) is 0 Å². The van der Waals surface area contributed by atoms with Crippen LogP contribution in [0.1, 0.15) is 19.3 Å². The van der Waals surface area contributed by atoms with Crippen LogP contribution in [0, 0.1) is 13.5 Å². The lowest BCUT2D eigenvalue weighted by molar-refractivity contribution is 0.405. The summed E-state index contributed by atoms with van der Waals surface area (Å²) < 4.78 is 4.86. The van der Waals surface area contributed by atoms with E-state index in [4.69, 9.17) is 4.74 Å². The number of rotatable bonds is 3. The van der Waals surface area contributed by atoms with Crippen LogP contribution in [0.15, 0.2) is 0 Å². The smallest absolute Gasteiger partial charge is 0.113 e. The van der Waals surface area contributed by atoms with E-state index < -0.39 is 0 Å². The van der Waals surface area contributed by atoms with Crippen LogP contribution in [0.3, 0.4) is 0 Å². The van der Waals surface area contributed by atoms with Crippen molar-refractivity contribution in [2.45, 2.75) is 25.4 Å². The summed E-state index contributed by atoms with van der Waals surface area (Å²) in [6, 6.07) is 0. The Balaban J connectivity index is 1.80. The van der Waals surface area contributed by atoms with Crippen molar-refractivity contribution in [1.29, 1.82) is 0 Å². The summed E-state index contributed by atoms with van der Waals surface area (Å²) in [5.41, 5.74) is 0. The molecule has 0 saturated carbocycles. The van der Waals surface area contributed by atoms with E-state index in [1.54, 1.807) is 0 Å². The van der Waals surface area contributed by atoms with Gasteiger partial charge >= 0.3 is 0 Å². The Morgan fingerprint density at radius 1 is 1.71 bits per heavy atom. The molecule has 0 aromatic rings. The molecular formula is C6H10O. The summed E-state index contributed by atoms with van der Waals surface area (Å²) >= 11 is 0. The Labute approximate surface area is 44.7 Å². The molecule has 0 aromatic carbocycles. The second-order valence-corrected chi connectivity index (χ2v) is 1.81. The summed E-state index contributed by atoms with van der Waals surface area (Å²) in [6.07, 6.45) is 3.89. The number of unbranched alkanes of at least 4 members (excludes halogenated alkanes) is 1. The topological polar surface area (TPSA) is 12.5 Å². The second-order valence-electron chi connectivity index (χ2n) is 1.81. The van der Waals surface area contributed by atoms with Crippen LogP contribution in [-0.4, -0.2) is 6.10 Å². The van der Waals surface area contributed by atoms with Crippen LogP contribution in [0.2, 0.25) is 0 Å². The van der Waals surface area contributed by atoms with Gasteiger partial charge in [0.1, 0.15) is 6.61 Å². The van der Waals surface area contributed by atoms with E-state index in [0.717, 1.165) is 6.42 Å². The van der Waals surface area contributed by atoms with Crippen molar-refractivity contribution in [3.63, 3.8) is 0 Å². The Morgan fingerprint density at radius 2 is 2.43 bits per heavy atom. The average Bonchev–Trinajstić information content (AvgIpc) is 2.42. The molecule has 1 unspecified atom stereocenters. The maximum atomic E-state index is 4.86. The summed E-state index contributed by atoms with van der Waals surface area (Å²) in [6.45, 7) is 5.59. The summed E-state index contributed by atoms with van der Waals surface area (Å²) in [7, 11) is 0. The molecule has 1 saturated heterocycles. The molecule has 1 nitrogen and oxygen atoms in total. The van der Waals surface area contributed by atoms with Gasteiger partial charge < -0.3 is 4.74 Å². The summed E-state index contributed by atoms with van der Waals surface area (Å²) in [5, 5.41) is 0. The van der Waals surface area contributed by atoms with Gasteiger partial charge in [0.2, 0.25) is 0 Å². The molecule has 0 aliphatic carbocycles. The van der Waals surface area contributed by atoms with E-state index in [1.165, 1.54) is 12.8 Å². The van der Waals surface area contributed by atoms with E-state index in [9.17, 15) is 0 Å². The minimum atomic E-state index is 0.488. The van der Waals surface area contributed by atoms with Crippen molar-refractivity contribution >= 4 is 0 Å². The highest BCUT2D eigenvalue weighted by Crippen LogP contribution is 2.21. The number of ether oxygens (including phenoxy) is 1. The molecule has 1 aliphatic rings. The standard InChI is InChI=1S/C6H10O/c1-2-3-4-6-5-7-6/h5-6H,1-4H2. The third-order valence-corrected chi connectivity index (χ3v) is 1.07. The van der Waals surface area contributed by atoms with Crippen molar-refractivity contribution in [2.75, 3.05) is 0 Å².